The number of halogens is 3. The Morgan fingerprint density at radius 2 is 1.83 bits per heavy atom. The summed E-state index contributed by atoms with van der Waals surface area (Å²) < 4.78 is 13.0. The van der Waals surface area contributed by atoms with Crippen LogP contribution >= 0.6 is 39.1 Å². The average Bonchev–Trinajstić information content (AvgIpc) is 3.45. The Balaban J connectivity index is 1.52. The van der Waals surface area contributed by atoms with Crippen LogP contribution in [0.3, 0.4) is 0 Å². The molecule has 0 spiro atoms. The van der Waals surface area contributed by atoms with Crippen LogP contribution in [0.1, 0.15) is 34.8 Å². The second kappa shape index (κ2) is 16.1. The second-order valence-electron chi connectivity index (χ2n) is 10.7. The molecule has 3 N–H and O–H groups in total. The topological polar surface area (TPSA) is 141 Å². The maximum absolute atomic E-state index is 14.5. The Bertz CT molecular complexity index is 1800. The lowest BCUT2D eigenvalue weighted by Gasteiger charge is -2.31. The summed E-state index contributed by atoms with van der Waals surface area (Å²) in [6.07, 6.45) is 0.214. The summed E-state index contributed by atoms with van der Waals surface area (Å²) in [7, 11) is 0. The van der Waals surface area contributed by atoms with Gasteiger partial charge < -0.3 is 14.6 Å². The Kier molecular flexibility index (Phi) is 11.8. The minimum absolute atomic E-state index is 0.0375. The molecule has 13 heteroatoms. The van der Waals surface area contributed by atoms with Crippen molar-refractivity contribution in [3.05, 3.63) is 138 Å². The number of hydrazine groups is 1. The van der Waals surface area contributed by atoms with Gasteiger partial charge in [0.05, 0.1) is 6.61 Å². The fraction of sp³-hybridized carbons (Fsp3) is 0.235. The molecule has 0 radical (unpaired) electrons. The number of aliphatic imine (C=N–C) groups is 1. The zero-order valence-electron chi connectivity index (χ0n) is 25.1. The van der Waals surface area contributed by atoms with E-state index >= 15 is 0 Å². The summed E-state index contributed by atoms with van der Waals surface area (Å²) in [6.45, 7) is 0.783. The monoisotopic (exact) mass is 736 g/mol. The van der Waals surface area contributed by atoms with E-state index in [0.717, 1.165) is 10.0 Å². The van der Waals surface area contributed by atoms with Gasteiger partial charge in [-0.15, -0.1) is 0 Å². The first kappa shape index (κ1) is 34.3. The van der Waals surface area contributed by atoms with Crippen LogP contribution < -0.4 is 15.6 Å². The zero-order valence-corrected chi connectivity index (χ0v) is 28.2. The molecule has 1 amide bonds. The molecule has 0 aromatic heterocycles. The van der Waals surface area contributed by atoms with E-state index in [1.54, 1.807) is 54.6 Å². The molecule has 47 heavy (non-hydrogen) atoms. The highest BCUT2D eigenvalue weighted by atomic mass is 79.9. The van der Waals surface area contributed by atoms with Gasteiger partial charge in [-0.3, -0.25) is 10.2 Å². The molecule has 4 aromatic carbocycles. The fourth-order valence-electron chi connectivity index (χ4n) is 5.22. The van der Waals surface area contributed by atoms with E-state index in [2.05, 4.69) is 36.8 Å². The van der Waals surface area contributed by atoms with Crippen LogP contribution in [0.15, 0.2) is 106 Å². The SMILES string of the molecule is [N-]=[N+]=Nc1ccccc1C[C@]1(C(=O)NNCCc2ccc(Cl)cc2Cl)N=C(c2ccc(OCCCO)cc2)O[C@H]1c1ccccc1Br. The van der Waals surface area contributed by atoms with Crippen molar-refractivity contribution in [2.75, 3.05) is 19.8 Å². The number of hydrogen-bond donors (Lipinski definition) is 3. The molecule has 1 aliphatic rings. The van der Waals surface area contributed by atoms with Gasteiger partial charge in [-0.1, -0.05) is 92.8 Å². The van der Waals surface area contributed by atoms with Crippen LogP contribution in [-0.4, -0.2) is 42.2 Å². The minimum atomic E-state index is -1.54. The van der Waals surface area contributed by atoms with Crippen molar-refractivity contribution in [2.45, 2.75) is 30.9 Å². The summed E-state index contributed by atoms with van der Waals surface area (Å²) in [5.74, 6) is 0.438. The number of amides is 1. The van der Waals surface area contributed by atoms with Crippen molar-refractivity contribution in [3.8, 4) is 5.75 Å². The lowest BCUT2D eigenvalue weighted by atomic mass is 9.81. The number of aliphatic hydroxyl groups excluding tert-OH is 1. The number of benzene rings is 4. The van der Waals surface area contributed by atoms with Crippen molar-refractivity contribution in [2.24, 2.45) is 10.1 Å². The third-order valence-electron chi connectivity index (χ3n) is 7.56. The van der Waals surface area contributed by atoms with Crippen molar-refractivity contribution < 1.29 is 19.4 Å². The molecular formula is C34H31BrCl2N6O4. The molecule has 0 unspecified atom stereocenters. The maximum atomic E-state index is 14.5. The zero-order chi connectivity index (χ0) is 33.2. The Morgan fingerprint density at radius 3 is 2.57 bits per heavy atom. The third-order valence-corrected chi connectivity index (χ3v) is 8.87. The predicted octanol–water partition coefficient (Wildman–Crippen LogP) is 7.82. The van der Waals surface area contributed by atoms with Gasteiger partial charge in [-0.25, -0.2) is 10.4 Å². The van der Waals surface area contributed by atoms with Gasteiger partial charge in [0, 0.05) is 62.2 Å². The molecule has 0 bridgehead atoms. The lowest BCUT2D eigenvalue weighted by Crippen LogP contribution is -2.54. The number of azide groups is 1. The summed E-state index contributed by atoms with van der Waals surface area (Å²) in [6, 6.07) is 27.0. The van der Waals surface area contributed by atoms with E-state index in [1.807, 2.05) is 36.4 Å². The molecule has 2 atom stereocenters. The molecule has 242 valence electrons. The maximum Gasteiger partial charge on any atom is 0.266 e. The molecule has 0 fully saturated rings. The smallest absolute Gasteiger partial charge is 0.266 e. The van der Waals surface area contributed by atoms with E-state index in [1.165, 1.54) is 0 Å². The number of hydrogen-bond acceptors (Lipinski definition) is 7. The van der Waals surface area contributed by atoms with E-state index in [-0.39, 0.29) is 18.9 Å². The van der Waals surface area contributed by atoms with Gasteiger partial charge in [-0.2, -0.15) is 0 Å². The molecule has 0 saturated carbocycles. The second-order valence-corrected chi connectivity index (χ2v) is 12.4. The average molecular weight is 738 g/mol. The molecule has 1 aliphatic heterocycles. The molecule has 0 saturated heterocycles. The molecule has 5 rings (SSSR count). The number of carbonyl (C=O) groups excluding carboxylic acids is 1. The van der Waals surface area contributed by atoms with Gasteiger partial charge in [0.15, 0.2) is 11.6 Å². The van der Waals surface area contributed by atoms with Gasteiger partial charge >= 0.3 is 0 Å². The molecule has 0 aliphatic carbocycles. The fourth-order valence-corrected chi connectivity index (χ4v) is 6.21. The van der Waals surface area contributed by atoms with Crippen molar-refractivity contribution in [3.63, 3.8) is 0 Å². The van der Waals surface area contributed by atoms with E-state index in [4.69, 9.17) is 42.8 Å². The van der Waals surface area contributed by atoms with Crippen molar-refractivity contribution in [1.29, 1.82) is 0 Å². The minimum Gasteiger partial charge on any atom is -0.494 e. The van der Waals surface area contributed by atoms with Crippen LogP contribution in [0.5, 0.6) is 5.75 Å². The lowest BCUT2D eigenvalue weighted by molar-refractivity contribution is -0.130. The van der Waals surface area contributed by atoms with Crippen molar-refractivity contribution >= 4 is 56.6 Å². The van der Waals surface area contributed by atoms with Crippen molar-refractivity contribution in [1.82, 2.24) is 10.9 Å². The molecule has 4 aromatic rings. The van der Waals surface area contributed by atoms with Crippen LogP contribution in [0.2, 0.25) is 10.0 Å². The highest BCUT2D eigenvalue weighted by Gasteiger charge is 2.54. The largest absolute Gasteiger partial charge is 0.494 e. The van der Waals surface area contributed by atoms with Crippen LogP contribution in [0.4, 0.5) is 5.69 Å². The number of rotatable bonds is 14. The van der Waals surface area contributed by atoms with Crippen LogP contribution in [0, 0.1) is 0 Å². The number of aliphatic hydroxyl groups is 1. The number of nitrogens with zero attached hydrogens (tertiary/aromatic N) is 4. The van der Waals surface area contributed by atoms with Gasteiger partial charge in [0.1, 0.15) is 5.75 Å². The first-order valence-corrected chi connectivity index (χ1v) is 16.3. The summed E-state index contributed by atoms with van der Waals surface area (Å²) in [4.78, 5) is 22.5. The summed E-state index contributed by atoms with van der Waals surface area (Å²) in [5, 5.41) is 14.0. The third kappa shape index (κ3) is 8.26. The van der Waals surface area contributed by atoms with Gasteiger partial charge in [0.2, 0.25) is 5.90 Å². The standard InChI is InChI=1S/C34H31BrCl2N6O4/c35-28-8-3-2-7-27(28)31-34(21-24-6-1-4-9-30(24)41-43-38,33(45)42-39-17-16-22-10-13-25(36)20-29(22)37)40-32(47-31)23-11-14-26(15-12-23)46-19-5-18-44/h1-4,6-15,20,31,39,44H,5,16-19,21H2,(H,42,45)/t31-,34-/m0/s1. The summed E-state index contributed by atoms with van der Waals surface area (Å²) >= 11 is 16.0. The van der Waals surface area contributed by atoms with Crippen LogP contribution in [-0.2, 0) is 22.4 Å². The highest BCUT2D eigenvalue weighted by molar-refractivity contribution is 9.10. The van der Waals surface area contributed by atoms with Gasteiger partial charge in [0.25, 0.3) is 5.91 Å². The van der Waals surface area contributed by atoms with E-state index in [9.17, 15) is 10.3 Å². The number of ether oxygens (including phenoxy) is 2. The number of carbonyl (C=O) groups is 1. The van der Waals surface area contributed by atoms with Crippen LogP contribution in [0.25, 0.3) is 10.4 Å². The Labute approximate surface area is 290 Å². The number of nitrogens with one attached hydrogen (secondary N) is 2. The van der Waals surface area contributed by atoms with E-state index in [0.29, 0.717) is 64.2 Å². The molecular weight excluding hydrogens is 707 g/mol. The highest BCUT2D eigenvalue weighted by Crippen LogP contribution is 2.45. The van der Waals surface area contributed by atoms with E-state index < -0.39 is 17.6 Å². The molecule has 1 heterocycles. The normalized spacial score (nSPS) is 16.9. The predicted molar refractivity (Wildman–Crippen MR) is 186 cm³/mol. The molecule has 10 nitrogen and oxygen atoms in total. The first-order valence-electron chi connectivity index (χ1n) is 14.8. The quantitative estimate of drug-likeness (QED) is 0.0398. The Morgan fingerprint density at radius 1 is 1.06 bits per heavy atom. The summed E-state index contributed by atoms with van der Waals surface area (Å²) in [5.41, 5.74) is 16.8. The Hall–Kier alpha value is -4.09. The van der Waals surface area contributed by atoms with Gasteiger partial charge in [-0.05, 0) is 65.5 Å². The first-order chi connectivity index (χ1) is 22.8.